The van der Waals surface area contributed by atoms with Crippen molar-refractivity contribution in [2.24, 2.45) is 5.92 Å². The van der Waals surface area contributed by atoms with E-state index in [0.29, 0.717) is 12.5 Å². The molecular formula is C11H17N3O. The third-order valence-corrected chi connectivity index (χ3v) is 1.80. The topological polar surface area (TPSA) is 54.0 Å². The third kappa shape index (κ3) is 5.00. The van der Waals surface area contributed by atoms with Gasteiger partial charge in [0.1, 0.15) is 5.82 Å². The highest BCUT2D eigenvalue weighted by atomic mass is 16.1. The number of carbonyl (C=O) groups excluding carboxylic acids is 1. The summed E-state index contributed by atoms with van der Waals surface area (Å²) < 4.78 is 0. The minimum Gasteiger partial charge on any atom is -0.361 e. The number of nitrogens with one attached hydrogen (secondary N) is 2. The molecule has 0 aliphatic heterocycles. The number of aromatic nitrogens is 1. The zero-order valence-electron chi connectivity index (χ0n) is 9.16. The van der Waals surface area contributed by atoms with E-state index in [9.17, 15) is 4.79 Å². The van der Waals surface area contributed by atoms with Crippen LogP contribution in [-0.4, -0.2) is 24.0 Å². The van der Waals surface area contributed by atoms with Crippen LogP contribution in [0.2, 0.25) is 0 Å². The maximum absolute atomic E-state index is 11.3. The average molecular weight is 207 g/mol. The molecule has 0 radical (unpaired) electrons. The van der Waals surface area contributed by atoms with Crippen molar-refractivity contribution in [3.63, 3.8) is 0 Å². The molecule has 0 unspecified atom stereocenters. The Morgan fingerprint density at radius 1 is 1.47 bits per heavy atom. The summed E-state index contributed by atoms with van der Waals surface area (Å²) in [5.41, 5.74) is 0. The highest BCUT2D eigenvalue weighted by molar-refractivity contribution is 5.80. The van der Waals surface area contributed by atoms with Crippen molar-refractivity contribution in [2.45, 2.75) is 13.8 Å². The number of anilines is 1. The molecule has 0 aromatic carbocycles. The minimum atomic E-state index is -0.00523. The Hall–Kier alpha value is -1.58. The van der Waals surface area contributed by atoms with Gasteiger partial charge in [-0.25, -0.2) is 4.98 Å². The Bertz CT molecular complexity index is 298. The van der Waals surface area contributed by atoms with Gasteiger partial charge in [0.2, 0.25) is 5.91 Å². The standard InChI is InChI=1S/C11H17N3O/c1-9(2)7-14-11(15)8-13-10-5-3-4-6-12-10/h3-6,9H,7-8H2,1-2H3,(H,12,13)(H,14,15). The third-order valence-electron chi connectivity index (χ3n) is 1.80. The number of amides is 1. The Morgan fingerprint density at radius 2 is 2.27 bits per heavy atom. The van der Waals surface area contributed by atoms with E-state index < -0.39 is 0 Å². The number of carbonyl (C=O) groups is 1. The number of hydrogen-bond acceptors (Lipinski definition) is 3. The van der Waals surface area contributed by atoms with Crippen molar-refractivity contribution in [1.29, 1.82) is 0 Å². The highest BCUT2D eigenvalue weighted by Gasteiger charge is 2.01. The first-order valence-corrected chi connectivity index (χ1v) is 5.10. The molecule has 0 aliphatic rings. The molecule has 0 bridgehead atoms. The van der Waals surface area contributed by atoms with E-state index in [0.717, 1.165) is 5.82 Å². The van der Waals surface area contributed by atoms with E-state index in [2.05, 4.69) is 29.5 Å². The van der Waals surface area contributed by atoms with Crippen molar-refractivity contribution in [3.05, 3.63) is 24.4 Å². The Kier molecular flexibility index (Phi) is 4.60. The number of rotatable bonds is 5. The lowest BCUT2D eigenvalue weighted by molar-refractivity contribution is -0.119. The molecule has 4 heteroatoms. The fourth-order valence-corrected chi connectivity index (χ4v) is 1.02. The van der Waals surface area contributed by atoms with Crippen molar-refractivity contribution in [1.82, 2.24) is 10.3 Å². The largest absolute Gasteiger partial charge is 0.361 e. The number of pyridine rings is 1. The van der Waals surface area contributed by atoms with E-state index in [1.54, 1.807) is 6.20 Å². The summed E-state index contributed by atoms with van der Waals surface area (Å²) in [5, 5.41) is 5.77. The lowest BCUT2D eigenvalue weighted by Gasteiger charge is -2.08. The van der Waals surface area contributed by atoms with Gasteiger partial charge in [-0.3, -0.25) is 4.79 Å². The molecule has 0 aliphatic carbocycles. The SMILES string of the molecule is CC(C)CNC(=O)CNc1ccccn1. The van der Waals surface area contributed by atoms with Gasteiger partial charge in [0.25, 0.3) is 0 Å². The predicted molar refractivity (Wildman–Crippen MR) is 60.6 cm³/mol. The van der Waals surface area contributed by atoms with E-state index in [-0.39, 0.29) is 12.5 Å². The molecule has 0 atom stereocenters. The molecule has 4 nitrogen and oxygen atoms in total. The summed E-state index contributed by atoms with van der Waals surface area (Å²) in [6.07, 6.45) is 1.69. The second kappa shape index (κ2) is 6.01. The van der Waals surface area contributed by atoms with E-state index >= 15 is 0 Å². The molecule has 1 aromatic rings. The second-order valence-electron chi connectivity index (χ2n) is 3.77. The van der Waals surface area contributed by atoms with E-state index in [1.165, 1.54) is 0 Å². The minimum absolute atomic E-state index is 0.00523. The van der Waals surface area contributed by atoms with Crippen LogP contribution in [-0.2, 0) is 4.79 Å². The maximum Gasteiger partial charge on any atom is 0.239 e. The van der Waals surface area contributed by atoms with Crippen LogP contribution < -0.4 is 10.6 Å². The Labute approximate surface area is 90.1 Å². The van der Waals surface area contributed by atoms with Gasteiger partial charge in [-0.05, 0) is 18.1 Å². The molecule has 1 heterocycles. The molecule has 82 valence electrons. The van der Waals surface area contributed by atoms with Crippen LogP contribution in [0.1, 0.15) is 13.8 Å². The summed E-state index contributed by atoms with van der Waals surface area (Å²) >= 11 is 0. The predicted octanol–water partition coefficient (Wildman–Crippen LogP) is 1.27. The molecule has 0 fully saturated rings. The molecule has 0 spiro atoms. The molecular weight excluding hydrogens is 190 g/mol. The number of hydrogen-bond donors (Lipinski definition) is 2. The average Bonchev–Trinajstić information content (AvgIpc) is 2.25. The summed E-state index contributed by atoms with van der Waals surface area (Å²) in [7, 11) is 0. The molecule has 1 amide bonds. The first-order chi connectivity index (χ1) is 7.18. The molecule has 0 saturated heterocycles. The van der Waals surface area contributed by atoms with Crippen LogP contribution >= 0.6 is 0 Å². The fourth-order valence-electron chi connectivity index (χ4n) is 1.02. The first-order valence-electron chi connectivity index (χ1n) is 5.10. The quantitative estimate of drug-likeness (QED) is 0.764. The van der Waals surface area contributed by atoms with E-state index in [4.69, 9.17) is 0 Å². The van der Waals surface area contributed by atoms with Crippen LogP contribution in [0.4, 0.5) is 5.82 Å². The molecule has 15 heavy (non-hydrogen) atoms. The van der Waals surface area contributed by atoms with Crippen molar-refractivity contribution in [3.8, 4) is 0 Å². The Morgan fingerprint density at radius 3 is 2.87 bits per heavy atom. The normalized spacial score (nSPS) is 10.1. The lowest BCUT2D eigenvalue weighted by Crippen LogP contribution is -2.32. The fraction of sp³-hybridized carbons (Fsp3) is 0.455. The van der Waals surface area contributed by atoms with Crippen molar-refractivity contribution >= 4 is 11.7 Å². The zero-order valence-corrected chi connectivity index (χ0v) is 9.16. The van der Waals surface area contributed by atoms with E-state index in [1.807, 2.05) is 18.2 Å². The van der Waals surface area contributed by atoms with Gasteiger partial charge < -0.3 is 10.6 Å². The van der Waals surface area contributed by atoms with Gasteiger partial charge in [0, 0.05) is 12.7 Å². The second-order valence-corrected chi connectivity index (χ2v) is 3.77. The van der Waals surface area contributed by atoms with Crippen LogP contribution in [0.5, 0.6) is 0 Å². The smallest absolute Gasteiger partial charge is 0.239 e. The molecule has 2 N–H and O–H groups in total. The maximum atomic E-state index is 11.3. The van der Waals surface area contributed by atoms with Gasteiger partial charge in [-0.1, -0.05) is 19.9 Å². The Balaban J connectivity index is 2.23. The van der Waals surface area contributed by atoms with Gasteiger partial charge in [0.15, 0.2) is 0 Å². The first kappa shape index (κ1) is 11.5. The van der Waals surface area contributed by atoms with Crippen molar-refractivity contribution in [2.75, 3.05) is 18.4 Å². The van der Waals surface area contributed by atoms with Crippen LogP contribution in [0.3, 0.4) is 0 Å². The van der Waals surface area contributed by atoms with Crippen molar-refractivity contribution < 1.29 is 4.79 Å². The summed E-state index contributed by atoms with van der Waals surface area (Å²) in [6, 6.07) is 5.54. The van der Waals surface area contributed by atoms with Gasteiger partial charge >= 0.3 is 0 Å². The van der Waals surface area contributed by atoms with Gasteiger partial charge in [0.05, 0.1) is 6.54 Å². The summed E-state index contributed by atoms with van der Waals surface area (Å²) in [6.45, 7) is 5.10. The van der Waals surface area contributed by atoms with Gasteiger partial charge in [-0.2, -0.15) is 0 Å². The highest BCUT2D eigenvalue weighted by Crippen LogP contribution is 1.98. The lowest BCUT2D eigenvalue weighted by atomic mass is 10.2. The summed E-state index contributed by atoms with van der Waals surface area (Å²) in [5.74, 6) is 1.19. The zero-order chi connectivity index (χ0) is 11.1. The van der Waals surface area contributed by atoms with Crippen LogP contribution in [0, 0.1) is 5.92 Å². The molecule has 0 saturated carbocycles. The number of nitrogens with zero attached hydrogens (tertiary/aromatic N) is 1. The summed E-state index contributed by atoms with van der Waals surface area (Å²) in [4.78, 5) is 15.4. The van der Waals surface area contributed by atoms with Crippen LogP contribution in [0.15, 0.2) is 24.4 Å². The molecule has 1 rings (SSSR count). The monoisotopic (exact) mass is 207 g/mol. The van der Waals surface area contributed by atoms with Crippen LogP contribution in [0.25, 0.3) is 0 Å². The van der Waals surface area contributed by atoms with Gasteiger partial charge in [-0.15, -0.1) is 0 Å². The molecule has 1 aromatic heterocycles.